The van der Waals surface area contributed by atoms with Crippen molar-refractivity contribution in [3.63, 3.8) is 0 Å². The molecule has 1 aliphatic heterocycles. The van der Waals surface area contributed by atoms with Crippen LogP contribution >= 0.6 is 0 Å². The molecule has 0 unspecified atom stereocenters. The number of aliphatic carboxylic acids is 1. The van der Waals surface area contributed by atoms with E-state index < -0.39 is 5.97 Å². The number of benzene rings is 1. The minimum absolute atomic E-state index is 0. The molecule has 1 heterocycles. The normalized spacial score (nSPS) is 12.2. The summed E-state index contributed by atoms with van der Waals surface area (Å²) >= 11 is 0. The SMILES string of the molecule is C=Cc1ccccc1.CCCCCCCCCCCCCC=CC=CC1=C(C(=O)O)O1.[Co]. The van der Waals surface area contributed by atoms with Gasteiger partial charge in [0.25, 0.3) is 5.76 Å². The molecule has 3 nitrogen and oxygen atoms in total. The predicted molar refractivity (Wildman–Crippen MR) is 132 cm³/mol. The maximum absolute atomic E-state index is 10.5. The fourth-order valence-corrected chi connectivity index (χ4v) is 3.18. The van der Waals surface area contributed by atoms with E-state index in [-0.39, 0.29) is 22.5 Å². The van der Waals surface area contributed by atoms with Crippen LogP contribution in [0.15, 0.2) is 72.7 Å². The van der Waals surface area contributed by atoms with Crippen LogP contribution in [0.1, 0.15) is 89.5 Å². The number of unbranched alkanes of at least 4 members (excludes halogenated alkanes) is 11. The second-order valence-corrected chi connectivity index (χ2v) is 7.83. The molecule has 2 rings (SSSR count). The number of carbonyl (C=O) groups is 1. The molecule has 0 fully saturated rings. The molecular weight excluding hydrogens is 443 g/mol. The third-order valence-electron chi connectivity index (χ3n) is 5.09. The zero-order valence-electron chi connectivity index (χ0n) is 19.6. The summed E-state index contributed by atoms with van der Waals surface area (Å²) in [7, 11) is 0. The van der Waals surface area contributed by atoms with Gasteiger partial charge in [-0.15, -0.1) is 0 Å². The van der Waals surface area contributed by atoms with Crippen molar-refractivity contribution < 1.29 is 31.4 Å². The third-order valence-corrected chi connectivity index (χ3v) is 5.09. The first kappa shape index (κ1) is 30.0. The Morgan fingerprint density at radius 2 is 1.47 bits per heavy atom. The van der Waals surface area contributed by atoms with E-state index in [0.29, 0.717) is 5.76 Å². The molecule has 0 aliphatic carbocycles. The molecule has 1 radical (unpaired) electrons. The minimum Gasteiger partial charge on any atom is -0.475 e. The number of allylic oxidation sites excluding steroid dienone is 4. The fraction of sp³-hybridized carbons (Fsp3) is 0.464. The van der Waals surface area contributed by atoms with E-state index in [1.807, 2.05) is 48.6 Å². The number of carboxylic acid groups (broad SMARTS) is 1. The Morgan fingerprint density at radius 3 is 1.94 bits per heavy atom. The molecule has 0 saturated heterocycles. The summed E-state index contributed by atoms with van der Waals surface area (Å²) in [5, 5.41) is 8.61. The van der Waals surface area contributed by atoms with E-state index in [1.54, 1.807) is 6.08 Å². The Morgan fingerprint density at radius 1 is 0.906 bits per heavy atom. The number of hydrogen-bond acceptors (Lipinski definition) is 2. The van der Waals surface area contributed by atoms with E-state index in [0.717, 1.165) is 6.42 Å². The zero-order chi connectivity index (χ0) is 22.6. The Labute approximate surface area is 205 Å². The second-order valence-electron chi connectivity index (χ2n) is 7.83. The second kappa shape index (κ2) is 20.8. The molecule has 0 atom stereocenters. The summed E-state index contributed by atoms with van der Waals surface area (Å²) in [5.74, 6) is -0.452. The van der Waals surface area contributed by atoms with Crippen molar-refractivity contribution in [2.24, 2.45) is 0 Å². The van der Waals surface area contributed by atoms with Crippen molar-refractivity contribution >= 4 is 12.0 Å². The Bertz CT molecular complexity index is 705. The molecule has 4 heteroatoms. The average molecular weight is 484 g/mol. The molecule has 1 aromatic rings. The molecule has 0 saturated carbocycles. The van der Waals surface area contributed by atoms with E-state index in [9.17, 15) is 4.79 Å². The molecule has 0 spiro atoms. The van der Waals surface area contributed by atoms with Crippen molar-refractivity contribution in [2.75, 3.05) is 0 Å². The molecule has 1 aliphatic rings. The van der Waals surface area contributed by atoms with Gasteiger partial charge in [-0.1, -0.05) is 132 Å². The summed E-state index contributed by atoms with van der Waals surface area (Å²) in [6, 6.07) is 10.0. The van der Waals surface area contributed by atoms with Gasteiger partial charge in [0, 0.05) is 16.8 Å². The summed E-state index contributed by atoms with van der Waals surface area (Å²) in [5.41, 5.74) is 1.17. The van der Waals surface area contributed by atoms with Gasteiger partial charge in [0.1, 0.15) is 0 Å². The van der Waals surface area contributed by atoms with Crippen LogP contribution in [0.5, 0.6) is 0 Å². The fourth-order valence-electron chi connectivity index (χ4n) is 3.18. The van der Waals surface area contributed by atoms with E-state index in [4.69, 9.17) is 9.84 Å². The van der Waals surface area contributed by atoms with Gasteiger partial charge in [-0.3, -0.25) is 0 Å². The van der Waals surface area contributed by atoms with E-state index in [2.05, 4.69) is 19.6 Å². The van der Waals surface area contributed by atoms with Crippen LogP contribution in [0, 0.1) is 0 Å². The van der Waals surface area contributed by atoms with Crippen molar-refractivity contribution in [3.8, 4) is 0 Å². The van der Waals surface area contributed by atoms with Gasteiger partial charge in [0.15, 0.2) is 5.76 Å². The zero-order valence-corrected chi connectivity index (χ0v) is 20.6. The van der Waals surface area contributed by atoms with Crippen molar-refractivity contribution in [3.05, 3.63) is 78.3 Å². The molecule has 1 N–H and O–H groups in total. The molecule has 32 heavy (non-hydrogen) atoms. The van der Waals surface area contributed by atoms with Gasteiger partial charge in [-0.25, -0.2) is 4.79 Å². The topological polar surface area (TPSA) is 49.8 Å². The van der Waals surface area contributed by atoms with Crippen LogP contribution in [-0.4, -0.2) is 11.1 Å². The summed E-state index contributed by atoms with van der Waals surface area (Å²) in [4.78, 5) is 10.5. The predicted octanol–water partition coefficient (Wildman–Crippen LogP) is 8.45. The Kier molecular flexibility index (Phi) is 19.5. The number of ether oxygens (including phenoxy) is 1. The number of hydrogen-bond donors (Lipinski definition) is 1. The van der Waals surface area contributed by atoms with Crippen molar-refractivity contribution in [1.29, 1.82) is 0 Å². The number of rotatable bonds is 16. The summed E-state index contributed by atoms with van der Waals surface area (Å²) in [6.07, 6.45) is 25.6. The van der Waals surface area contributed by atoms with E-state index in [1.165, 1.54) is 76.2 Å². The number of carboxylic acids is 1. The van der Waals surface area contributed by atoms with Gasteiger partial charge < -0.3 is 9.84 Å². The Balaban J connectivity index is 0.000000896. The minimum atomic E-state index is -0.991. The first-order chi connectivity index (χ1) is 15.2. The van der Waals surface area contributed by atoms with E-state index >= 15 is 0 Å². The Hall–Kier alpha value is -2.04. The molecule has 179 valence electrons. The monoisotopic (exact) mass is 483 g/mol. The molecule has 1 aromatic carbocycles. The van der Waals surface area contributed by atoms with Gasteiger partial charge in [-0.05, 0) is 24.5 Å². The summed E-state index contributed by atoms with van der Waals surface area (Å²) in [6.45, 7) is 5.89. The van der Waals surface area contributed by atoms with Gasteiger partial charge in [-0.2, -0.15) is 0 Å². The van der Waals surface area contributed by atoms with Crippen LogP contribution in [0.4, 0.5) is 0 Å². The first-order valence-electron chi connectivity index (χ1n) is 11.8. The van der Waals surface area contributed by atoms with Crippen LogP contribution in [0.3, 0.4) is 0 Å². The molecular formula is C28H40CoO3. The third kappa shape index (κ3) is 16.6. The average Bonchev–Trinajstić information content (AvgIpc) is 3.57. The van der Waals surface area contributed by atoms with Gasteiger partial charge in [0.05, 0.1) is 0 Å². The van der Waals surface area contributed by atoms with Crippen molar-refractivity contribution in [1.82, 2.24) is 0 Å². The van der Waals surface area contributed by atoms with Crippen molar-refractivity contribution in [2.45, 2.75) is 84.0 Å². The van der Waals surface area contributed by atoms with Crippen LogP contribution < -0.4 is 0 Å². The maximum Gasteiger partial charge on any atom is 0.375 e. The van der Waals surface area contributed by atoms with Crippen LogP contribution in [0.2, 0.25) is 0 Å². The molecule has 0 amide bonds. The van der Waals surface area contributed by atoms with Gasteiger partial charge in [0.2, 0.25) is 0 Å². The first-order valence-corrected chi connectivity index (χ1v) is 11.8. The molecule has 0 bridgehead atoms. The summed E-state index contributed by atoms with van der Waals surface area (Å²) < 4.78 is 4.81. The standard InChI is InChI=1S/C20H32O3.C8H8.Co/c1-2-3-4-5-6-7-8-9-10-11-12-13-14-15-16-17-18-19(23-18)20(21)22;1-2-8-6-4-3-5-7-8;/h14-17H,2-13H2,1H3,(H,21,22);2-7H,1H2;. The molecule has 0 aromatic heterocycles. The maximum atomic E-state index is 10.5. The largest absolute Gasteiger partial charge is 0.475 e. The smallest absolute Gasteiger partial charge is 0.375 e. The van der Waals surface area contributed by atoms with Gasteiger partial charge >= 0.3 is 5.97 Å². The van der Waals surface area contributed by atoms with Crippen LogP contribution in [0.25, 0.3) is 6.08 Å². The quantitative estimate of drug-likeness (QED) is 0.190. The van der Waals surface area contributed by atoms with Crippen LogP contribution in [-0.2, 0) is 26.3 Å².